The van der Waals surface area contributed by atoms with E-state index in [-0.39, 0.29) is 18.0 Å². The Bertz CT molecular complexity index is 600. The molecule has 1 rings (SSSR count). The van der Waals surface area contributed by atoms with Crippen LogP contribution in [0.3, 0.4) is 0 Å². The number of rotatable bonds is 7. The number of nitrogens with two attached hydrogens (primary N) is 1. The van der Waals surface area contributed by atoms with Crippen LogP contribution in [0.15, 0.2) is 17.0 Å². The molecule has 21 heavy (non-hydrogen) atoms. The van der Waals surface area contributed by atoms with E-state index < -0.39 is 15.6 Å². The van der Waals surface area contributed by atoms with E-state index in [1.165, 1.54) is 6.07 Å². The van der Waals surface area contributed by atoms with Crippen molar-refractivity contribution in [1.82, 2.24) is 4.72 Å². The van der Waals surface area contributed by atoms with Crippen LogP contribution in [0.4, 0.5) is 0 Å². The Morgan fingerprint density at radius 3 is 2.52 bits per heavy atom. The van der Waals surface area contributed by atoms with Crippen molar-refractivity contribution in [2.45, 2.75) is 44.7 Å². The van der Waals surface area contributed by atoms with Crippen molar-refractivity contribution in [3.05, 3.63) is 28.3 Å². The number of halogens is 1. The molecule has 1 aromatic carbocycles. The molecule has 0 saturated carbocycles. The van der Waals surface area contributed by atoms with Crippen molar-refractivity contribution < 1.29 is 13.2 Å². The lowest BCUT2D eigenvalue weighted by molar-refractivity contribution is -0.00515. The molecular weight excluding hydrogens is 312 g/mol. The molecule has 0 bridgehead atoms. The summed E-state index contributed by atoms with van der Waals surface area (Å²) in [7, 11) is -3.67. The van der Waals surface area contributed by atoms with Gasteiger partial charge in [-0.05, 0) is 51.0 Å². The first kappa shape index (κ1) is 18.4. The van der Waals surface area contributed by atoms with Gasteiger partial charge in [-0.1, -0.05) is 11.6 Å². The van der Waals surface area contributed by atoms with Gasteiger partial charge in [0.1, 0.15) is 0 Å². The third kappa shape index (κ3) is 4.93. The lowest BCUT2D eigenvalue weighted by atomic mass is 10.1. The molecule has 0 aliphatic carbocycles. The maximum absolute atomic E-state index is 12.5. The highest BCUT2D eigenvalue weighted by Gasteiger charge is 2.24. The van der Waals surface area contributed by atoms with Gasteiger partial charge in [-0.2, -0.15) is 0 Å². The zero-order valence-corrected chi connectivity index (χ0v) is 14.4. The minimum Gasteiger partial charge on any atom is -0.375 e. The zero-order valence-electron chi connectivity index (χ0n) is 12.9. The summed E-state index contributed by atoms with van der Waals surface area (Å²) in [6.07, 6.45) is 0. The molecule has 0 aliphatic heterocycles. The molecule has 7 heteroatoms. The minimum absolute atomic E-state index is 0.155. The second-order valence-corrected chi connectivity index (χ2v) is 7.58. The van der Waals surface area contributed by atoms with Crippen LogP contribution < -0.4 is 10.5 Å². The molecule has 0 atom stereocenters. The molecule has 3 N–H and O–H groups in total. The molecule has 120 valence electrons. The molecule has 0 aliphatic rings. The number of hydrogen-bond donors (Lipinski definition) is 2. The second-order valence-electron chi connectivity index (χ2n) is 5.41. The van der Waals surface area contributed by atoms with Crippen LogP contribution in [0.2, 0.25) is 5.02 Å². The van der Waals surface area contributed by atoms with Crippen molar-refractivity contribution in [3.8, 4) is 0 Å². The summed E-state index contributed by atoms with van der Waals surface area (Å²) in [5, 5.41) is 0.352. The summed E-state index contributed by atoms with van der Waals surface area (Å²) >= 11 is 5.97. The number of hydrogen-bond acceptors (Lipinski definition) is 4. The molecule has 1 aromatic rings. The molecule has 0 aromatic heterocycles. The van der Waals surface area contributed by atoms with Crippen molar-refractivity contribution in [2.75, 3.05) is 13.2 Å². The van der Waals surface area contributed by atoms with E-state index in [1.807, 2.05) is 20.8 Å². The Morgan fingerprint density at radius 2 is 2.00 bits per heavy atom. The summed E-state index contributed by atoms with van der Waals surface area (Å²) in [6, 6.07) is 3.12. The molecule has 0 saturated heterocycles. The number of nitrogens with one attached hydrogen (secondary N) is 1. The van der Waals surface area contributed by atoms with Crippen LogP contribution in [-0.2, 0) is 21.3 Å². The van der Waals surface area contributed by atoms with E-state index >= 15 is 0 Å². The van der Waals surface area contributed by atoms with E-state index in [9.17, 15) is 8.42 Å². The molecule has 0 amide bonds. The van der Waals surface area contributed by atoms with Gasteiger partial charge in [-0.15, -0.1) is 0 Å². The average Bonchev–Trinajstić information content (AvgIpc) is 2.39. The maximum Gasteiger partial charge on any atom is 0.240 e. The van der Waals surface area contributed by atoms with Crippen molar-refractivity contribution in [1.29, 1.82) is 0 Å². The fourth-order valence-corrected chi connectivity index (χ4v) is 3.80. The predicted octanol–water partition coefficient (Wildman–Crippen LogP) is 2.20. The molecule has 0 heterocycles. The number of sulfonamides is 1. The highest BCUT2D eigenvalue weighted by atomic mass is 35.5. The first-order valence-electron chi connectivity index (χ1n) is 6.75. The highest BCUT2D eigenvalue weighted by molar-refractivity contribution is 7.89. The van der Waals surface area contributed by atoms with E-state index in [2.05, 4.69) is 4.72 Å². The smallest absolute Gasteiger partial charge is 0.240 e. The number of benzene rings is 1. The molecule has 5 nitrogen and oxygen atoms in total. The SMILES string of the molecule is CCOC(C)(C)CNS(=O)(=O)c1cc(Cl)cc(CN)c1C. The van der Waals surface area contributed by atoms with E-state index in [0.29, 0.717) is 22.8 Å². The van der Waals surface area contributed by atoms with Crippen LogP contribution in [0.1, 0.15) is 31.9 Å². The summed E-state index contributed by atoms with van der Waals surface area (Å²) in [6.45, 7) is 8.17. The van der Waals surface area contributed by atoms with Gasteiger partial charge < -0.3 is 10.5 Å². The largest absolute Gasteiger partial charge is 0.375 e. The Hall–Kier alpha value is -0.660. The van der Waals surface area contributed by atoms with Gasteiger partial charge in [-0.3, -0.25) is 0 Å². The lowest BCUT2D eigenvalue weighted by Crippen LogP contribution is -2.40. The van der Waals surface area contributed by atoms with Gasteiger partial charge >= 0.3 is 0 Å². The van der Waals surface area contributed by atoms with Crippen molar-refractivity contribution >= 4 is 21.6 Å². The molecule has 0 unspecified atom stereocenters. The second kappa shape index (κ2) is 7.07. The van der Waals surface area contributed by atoms with Gasteiger partial charge in [0.15, 0.2) is 0 Å². The quantitative estimate of drug-likeness (QED) is 0.801. The third-order valence-electron chi connectivity index (χ3n) is 3.16. The zero-order chi connectivity index (χ0) is 16.3. The van der Waals surface area contributed by atoms with E-state index in [4.69, 9.17) is 22.1 Å². The third-order valence-corrected chi connectivity index (χ3v) is 4.91. The monoisotopic (exact) mass is 334 g/mol. The van der Waals surface area contributed by atoms with Crippen LogP contribution >= 0.6 is 11.6 Å². The Balaban J connectivity index is 3.06. The summed E-state index contributed by atoms with van der Waals surface area (Å²) in [4.78, 5) is 0.155. The fourth-order valence-electron chi connectivity index (χ4n) is 1.99. The minimum atomic E-state index is -3.67. The van der Waals surface area contributed by atoms with E-state index in [0.717, 1.165) is 0 Å². The summed E-state index contributed by atoms with van der Waals surface area (Å²) in [5.74, 6) is 0. The maximum atomic E-state index is 12.5. The lowest BCUT2D eigenvalue weighted by Gasteiger charge is -2.25. The fraction of sp³-hybridized carbons (Fsp3) is 0.571. The van der Waals surface area contributed by atoms with Crippen LogP contribution in [0.5, 0.6) is 0 Å². The Morgan fingerprint density at radius 1 is 1.38 bits per heavy atom. The average molecular weight is 335 g/mol. The van der Waals surface area contributed by atoms with Crippen molar-refractivity contribution in [2.24, 2.45) is 5.73 Å². The normalized spacial score (nSPS) is 12.7. The molecular formula is C14H23ClN2O3S. The number of ether oxygens (including phenoxy) is 1. The van der Waals surface area contributed by atoms with Crippen molar-refractivity contribution in [3.63, 3.8) is 0 Å². The van der Waals surface area contributed by atoms with Crippen LogP contribution in [0, 0.1) is 6.92 Å². The van der Waals surface area contributed by atoms with Gasteiger partial charge in [-0.25, -0.2) is 13.1 Å². The first-order chi connectivity index (χ1) is 9.63. The Kier molecular flexibility index (Phi) is 6.19. The van der Waals surface area contributed by atoms with Crippen LogP contribution in [-0.4, -0.2) is 27.2 Å². The van der Waals surface area contributed by atoms with Gasteiger partial charge in [0.2, 0.25) is 10.0 Å². The summed E-state index contributed by atoms with van der Waals surface area (Å²) < 4.78 is 33.0. The van der Waals surface area contributed by atoms with Gasteiger partial charge in [0, 0.05) is 24.7 Å². The van der Waals surface area contributed by atoms with Gasteiger partial charge in [0.05, 0.1) is 10.5 Å². The van der Waals surface area contributed by atoms with Crippen LogP contribution in [0.25, 0.3) is 0 Å². The molecule has 0 spiro atoms. The standard InChI is InChI=1S/C14H23ClN2O3S/c1-5-20-14(3,4)9-17-21(18,19)13-7-12(15)6-11(8-16)10(13)2/h6-7,17H,5,8-9,16H2,1-4H3. The molecule has 0 fully saturated rings. The summed E-state index contributed by atoms with van der Waals surface area (Å²) in [5.41, 5.74) is 6.37. The predicted molar refractivity (Wildman–Crippen MR) is 85.0 cm³/mol. The molecule has 0 radical (unpaired) electrons. The Labute approximate surface area is 131 Å². The topological polar surface area (TPSA) is 81.4 Å². The van der Waals surface area contributed by atoms with E-state index in [1.54, 1.807) is 13.0 Å². The first-order valence-corrected chi connectivity index (χ1v) is 8.62. The highest BCUT2D eigenvalue weighted by Crippen LogP contribution is 2.24. The van der Waals surface area contributed by atoms with Gasteiger partial charge in [0.25, 0.3) is 0 Å².